The molecule has 3 rings (SSSR count). The van der Waals surface area contributed by atoms with Crippen LogP contribution in [0.4, 0.5) is 5.82 Å². The monoisotopic (exact) mass is 259 g/mol. The van der Waals surface area contributed by atoms with E-state index < -0.39 is 0 Å². The molecule has 1 fully saturated rings. The summed E-state index contributed by atoms with van der Waals surface area (Å²) < 4.78 is 0. The van der Waals surface area contributed by atoms with E-state index in [2.05, 4.69) is 22.3 Å². The van der Waals surface area contributed by atoms with E-state index in [1.54, 1.807) is 0 Å². The van der Waals surface area contributed by atoms with Gasteiger partial charge in [-0.3, -0.25) is 0 Å². The highest BCUT2D eigenvalue weighted by molar-refractivity contribution is 5.40. The molecule has 2 heterocycles. The smallest absolute Gasteiger partial charge is 0.126 e. The second kappa shape index (κ2) is 6.38. The van der Waals surface area contributed by atoms with Crippen molar-refractivity contribution in [3.63, 3.8) is 0 Å². The Labute approximate surface area is 116 Å². The summed E-state index contributed by atoms with van der Waals surface area (Å²) in [4.78, 5) is 7.32. The van der Waals surface area contributed by atoms with Gasteiger partial charge in [0, 0.05) is 18.8 Å². The van der Waals surface area contributed by atoms with Gasteiger partial charge in [-0.25, -0.2) is 4.98 Å². The van der Waals surface area contributed by atoms with Crippen molar-refractivity contribution < 1.29 is 0 Å². The van der Waals surface area contributed by atoms with Gasteiger partial charge in [0.05, 0.1) is 0 Å². The van der Waals surface area contributed by atoms with Crippen molar-refractivity contribution >= 4 is 5.82 Å². The van der Waals surface area contributed by atoms with Crippen LogP contribution in [0.3, 0.4) is 0 Å². The van der Waals surface area contributed by atoms with Crippen LogP contribution in [0, 0.1) is 0 Å². The van der Waals surface area contributed by atoms with Crippen molar-refractivity contribution in [3.8, 4) is 0 Å². The van der Waals surface area contributed by atoms with Gasteiger partial charge < -0.3 is 10.2 Å². The number of anilines is 1. The average molecular weight is 259 g/mol. The first kappa shape index (κ1) is 12.9. The molecule has 1 aliphatic carbocycles. The molecule has 0 bridgehead atoms. The Balaban J connectivity index is 1.46. The fourth-order valence-corrected chi connectivity index (χ4v) is 3.22. The van der Waals surface area contributed by atoms with Gasteiger partial charge in [0.15, 0.2) is 0 Å². The average Bonchev–Trinajstić information content (AvgIpc) is 2.74. The SMILES string of the molecule is c1cc2c(nc1NCCN1CCCCCC1)CCC2. The van der Waals surface area contributed by atoms with Crippen LogP contribution in [-0.2, 0) is 12.8 Å². The number of aryl methyl sites for hydroxylation is 2. The molecule has 0 spiro atoms. The normalized spacial score (nSPS) is 20.0. The standard InChI is InChI=1S/C16H25N3/c1-2-4-12-19(11-3-1)13-10-17-16-9-8-14-6-5-7-15(14)18-16/h8-9H,1-7,10-13H2,(H,17,18). The maximum absolute atomic E-state index is 4.72. The van der Waals surface area contributed by atoms with E-state index in [1.165, 1.54) is 62.9 Å². The zero-order valence-electron chi connectivity index (χ0n) is 11.8. The maximum Gasteiger partial charge on any atom is 0.126 e. The van der Waals surface area contributed by atoms with Crippen molar-refractivity contribution in [1.82, 2.24) is 9.88 Å². The first-order valence-corrected chi connectivity index (χ1v) is 7.87. The molecule has 0 amide bonds. The third-order valence-electron chi connectivity index (χ3n) is 4.36. The summed E-state index contributed by atoms with van der Waals surface area (Å²) in [6.45, 7) is 4.73. The van der Waals surface area contributed by atoms with Crippen LogP contribution in [0.2, 0.25) is 0 Å². The molecule has 2 aliphatic rings. The number of fused-ring (bicyclic) bond motifs is 1. The minimum Gasteiger partial charge on any atom is -0.369 e. The molecule has 1 N–H and O–H groups in total. The predicted molar refractivity (Wildman–Crippen MR) is 79.7 cm³/mol. The summed E-state index contributed by atoms with van der Waals surface area (Å²) in [6.07, 6.45) is 9.23. The number of likely N-dealkylation sites (tertiary alicyclic amines) is 1. The molecule has 0 atom stereocenters. The molecule has 1 aliphatic heterocycles. The lowest BCUT2D eigenvalue weighted by Gasteiger charge is -2.20. The Kier molecular flexibility index (Phi) is 4.34. The summed E-state index contributed by atoms with van der Waals surface area (Å²) >= 11 is 0. The first-order valence-electron chi connectivity index (χ1n) is 7.87. The van der Waals surface area contributed by atoms with Gasteiger partial charge in [0.25, 0.3) is 0 Å². The number of hydrogen-bond donors (Lipinski definition) is 1. The van der Waals surface area contributed by atoms with Crippen molar-refractivity contribution in [2.24, 2.45) is 0 Å². The number of hydrogen-bond acceptors (Lipinski definition) is 3. The Bertz CT molecular complexity index is 408. The molecule has 3 heteroatoms. The van der Waals surface area contributed by atoms with Gasteiger partial charge in [-0.1, -0.05) is 18.9 Å². The topological polar surface area (TPSA) is 28.2 Å². The van der Waals surface area contributed by atoms with E-state index in [9.17, 15) is 0 Å². The van der Waals surface area contributed by atoms with Gasteiger partial charge in [0.2, 0.25) is 0 Å². The summed E-state index contributed by atoms with van der Waals surface area (Å²) in [7, 11) is 0. The number of nitrogens with zero attached hydrogens (tertiary/aromatic N) is 2. The van der Waals surface area contributed by atoms with E-state index in [0.717, 1.165) is 25.3 Å². The highest BCUT2D eigenvalue weighted by Gasteiger charge is 2.12. The molecular formula is C16H25N3. The van der Waals surface area contributed by atoms with Crippen LogP contribution in [0.5, 0.6) is 0 Å². The van der Waals surface area contributed by atoms with Gasteiger partial charge >= 0.3 is 0 Å². The molecule has 0 saturated carbocycles. The van der Waals surface area contributed by atoms with E-state index in [0.29, 0.717) is 0 Å². The maximum atomic E-state index is 4.72. The van der Waals surface area contributed by atoms with Crippen LogP contribution in [0.25, 0.3) is 0 Å². The van der Waals surface area contributed by atoms with Crippen LogP contribution >= 0.6 is 0 Å². The van der Waals surface area contributed by atoms with Gasteiger partial charge in [-0.05, 0) is 56.8 Å². The van der Waals surface area contributed by atoms with Crippen molar-refractivity contribution in [3.05, 3.63) is 23.4 Å². The summed E-state index contributed by atoms with van der Waals surface area (Å²) in [5, 5.41) is 3.49. The number of aromatic nitrogens is 1. The Morgan fingerprint density at radius 3 is 2.68 bits per heavy atom. The zero-order chi connectivity index (χ0) is 12.9. The first-order chi connectivity index (χ1) is 9.42. The molecule has 104 valence electrons. The number of pyridine rings is 1. The molecule has 1 saturated heterocycles. The summed E-state index contributed by atoms with van der Waals surface area (Å²) in [5.41, 5.74) is 2.78. The highest BCUT2D eigenvalue weighted by atomic mass is 15.1. The third-order valence-corrected chi connectivity index (χ3v) is 4.36. The van der Waals surface area contributed by atoms with Gasteiger partial charge in [-0.15, -0.1) is 0 Å². The Hall–Kier alpha value is -1.09. The van der Waals surface area contributed by atoms with Crippen LogP contribution in [-0.4, -0.2) is 36.1 Å². The molecular weight excluding hydrogens is 234 g/mol. The fraction of sp³-hybridized carbons (Fsp3) is 0.688. The zero-order valence-corrected chi connectivity index (χ0v) is 11.8. The van der Waals surface area contributed by atoms with E-state index in [4.69, 9.17) is 4.98 Å². The van der Waals surface area contributed by atoms with Crippen molar-refractivity contribution in [2.75, 3.05) is 31.5 Å². The fourth-order valence-electron chi connectivity index (χ4n) is 3.22. The predicted octanol–water partition coefficient (Wildman–Crippen LogP) is 2.86. The Morgan fingerprint density at radius 2 is 1.84 bits per heavy atom. The molecule has 0 unspecified atom stereocenters. The molecule has 0 aromatic carbocycles. The number of nitrogens with one attached hydrogen (secondary N) is 1. The van der Waals surface area contributed by atoms with Crippen molar-refractivity contribution in [2.45, 2.75) is 44.9 Å². The molecule has 1 aromatic rings. The summed E-state index contributed by atoms with van der Waals surface area (Å²) in [5.74, 6) is 1.07. The minimum absolute atomic E-state index is 1.02. The lowest BCUT2D eigenvalue weighted by atomic mass is 10.2. The molecule has 1 aromatic heterocycles. The van der Waals surface area contributed by atoms with E-state index in [1.807, 2.05) is 0 Å². The number of rotatable bonds is 4. The van der Waals surface area contributed by atoms with Crippen LogP contribution in [0.1, 0.15) is 43.4 Å². The quantitative estimate of drug-likeness (QED) is 0.901. The molecule has 0 radical (unpaired) electrons. The third kappa shape index (κ3) is 3.47. The second-order valence-corrected chi connectivity index (χ2v) is 5.84. The molecule has 3 nitrogen and oxygen atoms in total. The van der Waals surface area contributed by atoms with Gasteiger partial charge in [-0.2, -0.15) is 0 Å². The largest absolute Gasteiger partial charge is 0.369 e. The molecule has 19 heavy (non-hydrogen) atoms. The lowest BCUT2D eigenvalue weighted by molar-refractivity contribution is 0.296. The lowest BCUT2D eigenvalue weighted by Crippen LogP contribution is -2.30. The summed E-state index contributed by atoms with van der Waals surface area (Å²) in [6, 6.07) is 4.40. The second-order valence-electron chi connectivity index (χ2n) is 5.84. The van der Waals surface area contributed by atoms with Crippen molar-refractivity contribution in [1.29, 1.82) is 0 Å². The Morgan fingerprint density at radius 1 is 1.00 bits per heavy atom. The van der Waals surface area contributed by atoms with Gasteiger partial charge in [0.1, 0.15) is 5.82 Å². The van der Waals surface area contributed by atoms with E-state index in [-0.39, 0.29) is 0 Å². The highest BCUT2D eigenvalue weighted by Crippen LogP contribution is 2.21. The van der Waals surface area contributed by atoms with E-state index >= 15 is 0 Å². The van der Waals surface area contributed by atoms with Crippen LogP contribution < -0.4 is 5.32 Å². The van der Waals surface area contributed by atoms with Crippen LogP contribution in [0.15, 0.2) is 12.1 Å². The minimum atomic E-state index is 1.02.